The molecule has 0 fully saturated rings. The van der Waals surface area contributed by atoms with Gasteiger partial charge in [0.05, 0.1) is 12.1 Å². The van der Waals surface area contributed by atoms with Crippen LogP contribution < -0.4 is 5.32 Å². The van der Waals surface area contributed by atoms with E-state index in [4.69, 9.17) is 0 Å². The molecule has 0 atom stereocenters. The summed E-state index contributed by atoms with van der Waals surface area (Å²) < 4.78 is 55.9. The number of anilines is 1. The molecule has 3 aromatic carbocycles. The molecule has 0 bridgehead atoms. The fourth-order valence-corrected chi connectivity index (χ4v) is 3.24. The van der Waals surface area contributed by atoms with Crippen molar-refractivity contribution in [1.29, 1.82) is 0 Å². The van der Waals surface area contributed by atoms with E-state index in [1.54, 1.807) is 30.3 Å². The molecule has 0 radical (unpaired) electrons. The van der Waals surface area contributed by atoms with E-state index in [1.807, 2.05) is 36.4 Å². The molecular weight excluding hydrogens is 434 g/mol. The van der Waals surface area contributed by atoms with E-state index in [9.17, 15) is 22.4 Å². The van der Waals surface area contributed by atoms with Crippen LogP contribution in [0.1, 0.15) is 16.7 Å². The molecule has 0 aliphatic heterocycles. The molecule has 166 valence electrons. The van der Waals surface area contributed by atoms with Gasteiger partial charge in [0.15, 0.2) is 29.1 Å². The Morgan fingerprint density at radius 2 is 1.48 bits per heavy atom. The quantitative estimate of drug-likeness (QED) is 0.178. The van der Waals surface area contributed by atoms with E-state index in [0.717, 1.165) is 10.2 Å². The number of carbonyl (C=O) groups excluding carboxylic acids is 1. The molecule has 1 heterocycles. The van der Waals surface area contributed by atoms with Crippen LogP contribution in [0, 0.1) is 23.3 Å². The number of hydrogen-bond donors (Lipinski definition) is 1. The topological polar surface area (TPSA) is 46.9 Å². The second-order valence-corrected chi connectivity index (χ2v) is 7.13. The second-order valence-electron chi connectivity index (χ2n) is 7.13. The third-order valence-corrected chi connectivity index (χ3v) is 4.85. The summed E-state index contributed by atoms with van der Waals surface area (Å²) in [5.41, 5.74) is 1.07. The van der Waals surface area contributed by atoms with Gasteiger partial charge >= 0.3 is 0 Å². The first-order valence-electron chi connectivity index (χ1n) is 9.91. The average Bonchev–Trinajstić information content (AvgIpc) is 3.27. The third kappa shape index (κ3) is 5.01. The highest BCUT2D eigenvalue weighted by Gasteiger charge is 2.20. The maximum Gasteiger partial charge on any atom is 0.257 e. The summed E-state index contributed by atoms with van der Waals surface area (Å²) >= 11 is 0. The Kier molecular flexibility index (Phi) is 6.35. The van der Waals surface area contributed by atoms with E-state index in [0.29, 0.717) is 11.1 Å². The summed E-state index contributed by atoms with van der Waals surface area (Å²) in [6.45, 7) is -0.562. The van der Waals surface area contributed by atoms with Crippen molar-refractivity contribution in [3.8, 4) is 0 Å². The number of carbonyl (C=O) groups is 1. The van der Waals surface area contributed by atoms with Crippen molar-refractivity contribution in [1.82, 2.24) is 9.78 Å². The number of nitrogens with one attached hydrogen (secondary N) is 1. The molecular formula is C25H17F4N3O. The van der Waals surface area contributed by atoms with E-state index in [1.165, 1.54) is 12.3 Å². The molecule has 1 N–H and O–H groups in total. The van der Waals surface area contributed by atoms with Crippen LogP contribution in [0.15, 0.2) is 79.0 Å². The van der Waals surface area contributed by atoms with Gasteiger partial charge in [-0.05, 0) is 17.2 Å². The maximum atomic E-state index is 13.9. The zero-order chi connectivity index (χ0) is 23.4. The first kappa shape index (κ1) is 22.0. The van der Waals surface area contributed by atoms with Crippen LogP contribution >= 0.6 is 0 Å². The van der Waals surface area contributed by atoms with Gasteiger partial charge in [-0.3, -0.25) is 9.48 Å². The number of benzene rings is 3. The highest BCUT2D eigenvalue weighted by molar-refractivity contribution is 6.29. The lowest BCUT2D eigenvalue weighted by atomic mass is 10.0. The fourth-order valence-electron chi connectivity index (χ4n) is 3.24. The summed E-state index contributed by atoms with van der Waals surface area (Å²) in [5.74, 6) is -6.33. The van der Waals surface area contributed by atoms with E-state index in [2.05, 4.69) is 10.4 Å². The van der Waals surface area contributed by atoms with E-state index in [-0.39, 0.29) is 11.9 Å². The van der Waals surface area contributed by atoms with Gasteiger partial charge in [-0.2, -0.15) is 5.10 Å². The largest absolute Gasteiger partial charge is 0.305 e. The predicted molar refractivity (Wildman–Crippen MR) is 117 cm³/mol. The number of hydrogen-bond acceptors (Lipinski definition) is 2. The number of aromatic nitrogens is 2. The summed E-state index contributed by atoms with van der Waals surface area (Å²) in [5, 5.41) is 6.69. The van der Waals surface area contributed by atoms with Gasteiger partial charge in [-0.15, -0.1) is 0 Å². The van der Waals surface area contributed by atoms with Crippen LogP contribution in [-0.4, -0.2) is 15.7 Å². The number of nitrogens with zero attached hydrogens (tertiary/aromatic N) is 2. The summed E-state index contributed by atoms with van der Waals surface area (Å²) in [6, 6.07) is 19.8. The minimum atomic E-state index is -1.50. The summed E-state index contributed by atoms with van der Waals surface area (Å²) in [6.07, 6.45) is 3.06. The molecule has 4 aromatic rings. The Labute approximate surface area is 186 Å². The van der Waals surface area contributed by atoms with Gasteiger partial charge in [0.25, 0.3) is 5.91 Å². The minimum Gasteiger partial charge on any atom is -0.305 e. The standard InChI is InChI=1S/C25H17F4N3O/c26-20-14-21(27)24(29)19(23(20)28)15-32-12-11-22(31-32)30-25(33)18(17-9-5-2-6-10-17)13-16-7-3-1-4-8-16/h1-14H,15H2,(H,30,31,33)/b18-13-. The molecule has 1 aromatic heterocycles. The maximum absolute atomic E-state index is 13.9. The predicted octanol–water partition coefficient (Wildman–Crippen LogP) is 5.67. The van der Waals surface area contributed by atoms with Gasteiger partial charge in [-0.1, -0.05) is 60.7 Å². The van der Waals surface area contributed by atoms with Gasteiger partial charge < -0.3 is 5.32 Å². The number of amides is 1. The molecule has 0 aliphatic rings. The second kappa shape index (κ2) is 9.52. The Morgan fingerprint density at radius 1 is 0.879 bits per heavy atom. The first-order chi connectivity index (χ1) is 15.9. The molecule has 0 saturated heterocycles. The van der Waals surface area contributed by atoms with Crippen molar-refractivity contribution < 1.29 is 22.4 Å². The van der Waals surface area contributed by atoms with Crippen molar-refractivity contribution in [2.24, 2.45) is 0 Å². The molecule has 33 heavy (non-hydrogen) atoms. The van der Waals surface area contributed by atoms with Gasteiger partial charge in [0.2, 0.25) is 0 Å². The summed E-state index contributed by atoms with van der Waals surface area (Å²) in [4.78, 5) is 13.0. The Hall–Kier alpha value is -4.20. The lowest BCUT2D eigenvalue weighted by Gasteiger charge is -2.09. The molecule has 0 aliphatic carbocycles. The van der Waals surface area contributed by atoms with E-state index < -0.39 is 41.3 Å². The molecule has 4 nitrogen and oxygen atoms in total. The van der Waals surface area contributed by atoms with Gasteiger partial charge in [-0.25, -0.2) is 17.6 Å². The monoisotopic (exact) mass is 451 g/mol. The van der Waals surface area contributed by atoms with Crippen molar-refractivity contribution in [2.45, 2.75) is 6.54 Å². The highest BCUT2D eigenvalue weighted by Crippen LogP contribution is 2.22. The molecule has 0 unspecified atom stereocenters. The molecule has 8 heteroatoms. The molecule has 0 spiro atoms. The van der Waals surface area contributed by atoms with Gasteiger partial charge in [0, 0.05) is 23.9 Å². The van der Waals surface area contributed by atoms with E-state index >= 15 is 0 Å². The Bertz CT molecular complexity index is 1290. The Morgan fingerprint density at radius 3 is 2.12 bits per heavy atom. The minimum absolute atomic E-state index is 0.104. The molecule has 1 amide bonds. The Balaban J connectivity index is 1.58. The SMILES string of the molecule is O=C(Nc1ccn(Cc2c(F)c(F)cc(F)c2F)n1)/C(=C\c1ccccc1)c1ccccc1. The van der Waals surface area contributed by atoms with Crippen LogP contribution in [0.5, 0.6) is 0 Å². The zero-order valence-corrected chi connectivity index (χ0v) is 17.1. The smallest absolute Gasteiger partial charge is 0.257 e. The fraction of sp³-hybridized carbons (Fsp3) is 0.0400. The van der Waals surface area contributed by atoms with Crippen LogP contribution in [-0.2, 0) is 11.3 Å². The zero-order valence-electron chi connectivity index (χ0n) is 17.1. The normalized spacial score (nSPS) is 11.5. The number of halogens is 4. The van der Waals surface area contributed by atoms with Crippen LogP contribution in [0.25, 0.3) is 11.6 Å². The third-order valence-electron chi connectivity index (χ3n) is 4.85. The van der Waals surface area contributed by atoms with Crippen LogP contribution in [0.4, 0.5) is 23.4 Å². The molecule has 4 rings (SSSR count). The first-order valence-corrected chi connectivity index (χ1v) is 9.91. The van der Waals surface area contributed by atoms with Crippen molar-refractivity contribution >= 4 is 23.4 Å². The molecule has 0 saturated carbocycles. The number of rotatable bonds is 6. The van der Waals surface area contributed by atoms with Crippen LogP contribution in [0.3, 0.4) is 0 Å². The summed E-state index contributed by atoms with van der Waals surface area (Å²) in [7, 11) is 0. The average molecular weight is 451 g/mol. The highest BCUT2D eigenvalue weighted by atomic mass is 19.2. The lowest BCUT2D eigenvalue weighted by molar-refractivity contribution is -0.111. The van der Waals surface area contributed by atoms with Gasteiger partial charge in [0.1, 0.15) is 0 Å². The lowest BCUT2D eigenvalue weighted by Crippen LogP contribution is -2.15. The van der Waals surface area contributed by atoms with Crippen LogP contribution in [0.2, 0.25) is 0 Å². The van der Waals surface area contributed by atoms with Crippen molar-refractivity contribution in [3.05, 3.63) is 119 Å². The van der Waals surface area contributed by atoms with Crippen molar-refractivity contribution in [2.75, 3.05) is 5.32 Å². The van der Waals surface area contributed by atoms with Crippen molar-refractivity contribution in [3.63, 3.8) is 0 Å².